The standard InChI is InChI=1S/3CH3.ClH.Ga/h3*1H3;1H;/p-1. The van der Waals surface area contributed by atoms with E-state index in [2.05, 4.69) is 16.4 Å². The molecule has 32 valence electrons. The van der Waals surface area contributed by atoms with Crippen LogP contribution in [0.5, 0.6) is 0 Å². The summed E-state index contributed by atoms with van der Waals surface area (Å²) in [6, 6.07) is 0. The van der Waals surface area contributed by atoms with E-state index in [1.807, 2.05) is 0 Å². The van der Waals surface area contributed by atoms with E-state index in [4.69, 9.17) is 9.64 Å². The van der Waals surface area contributed by atoms with Gasteiger partial charge in [-0.2, -0.15) is 0 Å². The van der Waals surface area contributed by atoms with Crippen LogP contribution >= 0.6 is 9.64 Å². The number of hydrogen-bond donors (Lipinski definition) is 0. The molecule has 0 saturated heterocycles. The van der Waals surface area contributed by atoms with Gasteiger partial charge in [0.15, 0.2) is 0 Å². The van der Waals surface area contributed by atoms with Crippen molar-refractivity contribution in [1.82, 2.24) is 0 Å². The molecule has 5 heavy (non-hydrogen) atoms. The van der Waals surface area contributed by atoms with Crippen molar-refractivity contribution < 1.29 is 0 Å². The van der Waals surface area contributed by atoms with E-state index in [1.54, 1.807) is 0 Å². The predicted octanol–water partition coefficient (Wildman–Crippen LogP) is 2.06. The van der Waals surface area contributed by atoms with Crippen LogP contribution in [-0.4, -0.2) is 14.0 Å². The van der Waals surface area contributed by atoms with Crippen LogP contribution in [0.1, 0.15) is 0 Å². The minimum atomic E-state index is -1.65. The van der Waals surface area contributed by atoms with Gasteiger partial charge in [0.25, 0.3) is 0 Å². The van der Waals surface area contributed by atoms with Gasteiger partial charge in [-0.3, -0.25) is 0 Å². The Hall–Kier alpha value is 0.926. The Balaban J connectivity index is 3.02. The second-order valence-electron chi connectivity index (χ2n) is 2.39. The third kappa shape index (κ3) is 49.2. The zero-order chi connectivity index (χ0) is 4.50. The van der Waals surface area contributed by atoms with Crippen LogP contribution in [0.2, 0.25) is 16.4 Å². The van der Waals surface area contributed by atoms with Crippen molar-refractivity contribution in [2.45, 2.75) is 16.4 Å². The van der Waals surface area contributed by atoms with E-state index in [-0.39, 0.29) is 0 Å². The van der Waals surface area contributed by atoms with E-state index in [0.29, 0.717) is 0 Å². The summed E-state index contributed by atoms with van der Waals surface area (Å²) in [7, 11) is 5.73. The molecule has 0 fully saturated rings. The van der Waals surface area contributed by atoms with Gasteiger partial charge >= 0.3 is 40.1 Å². The third-order valence-corrected chi connectivity index (χ3v) is 0. The Labute approximate surface area is 40.4 Å². The average molecular weight is 150 g/mol. The van der Waals surface area contributed by atoms with Gasteiger partial charge in [-0.25, -0.2) is 0 Å². The second-order valence-corrected chi connectivity index (χ2v) is 19.2. The van der Waals surface area contributed by atoms with Crippen LogP contribution in [0, 0.1) is 0 Å². The summed E-state index contributed by atoms with van der Waals surface area (Å²) in [4.78, 5) is 0. The minimum absolute atomic E-state index is 1.65. The first kappa shape index (κ1) is 5.93. The van der Waals surface area contributed by atoms with Crippen molar-refractivity contribution in [3.05, 3.63) is 0 Å². The Morgan fingerprint density at radius 3 is 1.20 bits per heavy atom. The van der Waals surface area contributed by atoms with E-state index in [1.165, 1.54) is 0 Å². The van der Waals surface area contributed by atoms with Crippen LogP contribution in [-0.2, 0) is 0 Å². The molecule has 0 heterocycles. The molecule has 0 aliphatic rings. The van der Waals surface area contributed by atoms with E-state index in [0.717, 1.165) is 0 Å². The monoisotopic (exact) mass is 149 g/mol. The molecule has 0 aromatic heterocycles. The predicted molar refractivity (Wildman–Crippen MR) is 29.2 cm³/mol. The van der Waals surface area contributed by atoms with Gasteiger partial charge in [-0.1, -0.05) is 0 Å². The number of rotatable bonds is 0. The molecule has 0 aromatic rings. The molecular formula is C3H9ClGa-. The van der Waals surface area contributed by atoms with Crippen LogP contribution in [0.4, 0.5) is 0 Å². The van der Waals surface area contributed by atoms with Crippen molar-refractivity contribution in [2.75, 3.05) is 0 Å². The molecule has 0 aromatic carbocycles. The van der Waals surface area contributed by atoms with Gasteiger partial charge in [0.2, 0.25) is 0 Å². The molecule has 0 rings (SSSR count). The molecule has 0 aliphatic heterocycles. The Morgan fingerprint density at radius 2 is 1.20 bits per heavy atom. The maximum atomic E-state index is 5.73. The molecule has 0 aliphatic carbocycles. The zero-order valence-corrected chi connectivity index (χ0v) is 7.13. The van der Waals surface area contributed by atoms with Crippen LogP contribution in [0.3, 0.4) is 0 Å². The fourth-order valence-corrected chi connectivity index (χ4v) is 0. The Kier molecular flexibility index (Phi) is 1.88. The molecule has 0 radical (unpaired) electrons. The zero-order valence-electron chi connectivity index (χ0n) is 3.96. The summed E-state index contributed by atoms with van der Waals surface area (Å²) < 4.78 is 0. The van der Waals surface area contributed by atoms with Gasteiger partial charge in [0, 0.05) is 0 Å². The maximum absolute atomic E-state index is 5.73. The number of halogens is 1. The van der Waals surface area contributed by atoms with E-state index < -0.39 is 14.0 Å². The molecule has 0 bridgehead atoms. The first-order valence-electron chi connectivity index (χ1n) is 1.95. The summed E-state index contributed by atoms with van der Waals surface area (Å²) in [5.74, 6) is 0. The first-order valence-corrected chi connectivity index (χ1v) is 12.4. The molecule has 2 heteroatoms. The molecule has 0 amide bonds. The molecule has 0 atom stereocenters. The van der Waals surface area contributed by atoms with Crippen LogP contribution in [0.15, 0.2) is 0 Å². The van der Waals surface area contributed by atoms with Gasteiger partial charge in [0.1, 0.15) is 0 Å². The molecule has 0 spiro atoms. The summed E-state index contributed by atoms with van der Waals surface area (Å²) in [5, 5.41) is 0. The van der Waals surface area contributed by atoms with Crippen LogP contribution < -0.4 is 0 Å². The van der Waals surface area contributed by atoms with E-state index in [9.17, 15) is 0 Å². The fourth-order valence-electron chi connectivity index (χ4n) is 0. The average Bonchev–Trinajstić information content (AvgIpc) is 0.722. The van der Waals surface area contributed by atoms with Crippen molar-refractivity contribution in [3.8, 4) is 0 Å². The summed E-state index contributed by atoms with van der Waals surface area (Å²) >= 11 is -1.65. The summed E-state index contributed by atoms with van der Waals surface area (Å²) in [5.41, 5.74) is 6.47. The van der Waals surface area contributed by atoms with Gasteiger partial charge in [-0.05, 0) is 0 Å². The summed E-state index contributed by atoms with van der Waals surface area (Å²) in [6.07, 6.45) is 0. The van der Waals surface area contributed by atoms with Crippen molar-refractivity contribution in [3.63, 3.8) is 0 Å². The topological polar surface area (TPSA) is 0 Å². The Bertz CT molecular complexity index is 22.4. The first-order chi connectivity index (χ1) is 2.00. The van der Waals surface area contributed by atoms with Gasteiger partial charge < -0.3 is 0 Å². The molecule has 0 nitrogen and oxygen atoms in total. The second kappa shape index (κ2) is 1.58. The number of hydrogen-bond acceptors (Lipinski definition) is 0. The van der Waals surface area contributed by atoms with Crippen molar-refractivity contribution >= 4 is 23.7 Å². The normalized spacial score (nSPS) is 12.0. The third-order valence-electron chi connectivity index (χ3n) is 0. The fraction of sp³-hybridized carbons (Fsp3) is 1.00. The van der Waals surface area contributed by atoms with Gasteiger partial charge in [0.05, 0.1) is 0 Å². The quantitative estimate of drug-likeness (QED) is 0.464. The molecule has 0 saturated carbocycles. The molecule has 0 N–H and O–H groups in total. The Morgan fingerprint density at radius 1 is 1.20 bits per heavy atom. The van der Waals surface area contributed by atoms with E-state index >= 15 is 0 Å². The van der Waals surface area contributed by atoms with Crippen LogP contribution in [0.25, 0.3) is 0 Å². The molecule has 0 unspecified atom stereocenters. The SMILES string of the molecule is [CH3][Ga-]([CH3])([CH3])[Cl]. The molecular weight excluding hydrogens is 141 g/mol. The van der Waals surface area contributed by atoms with Crippen molar-refractivity contribution in [2.24, 2.45) is 0 Å². The van der Waals surface area contributed by atoms with Gasteiger partial charge in [-0.15, -0.1) is 0 Å². The van der Waals surface area contributed by atoms with Crippen molar-refractivity contribution in [1.29, 1.82) is 0 Å². The summed E-state index contributed by atoms with van der Waals surface area (Å²) in [6.45, 7) is 0.